The first kappa shape index (κ1) is 17.2. The van der Waals surface area contributed by atoms with E-state index < -0.39 is 0 Å². The van der Waals surface area contributed by atoms with E-state index in [-0.39, 0.29) is 12.1 Å². The summed E-state index contributed by atoms with van der Waals surface area (Å²) in [5.74, 6) is 1.71. The molecular weight excluding hydrogens is 306 g/mol. The molecule has 0 saturated carbocycles. The van der Waals surface area contributed by atoms with Crippen molar-refractivity contribution < 1.29 is 9.53 Å². The van der Waals surface area contributed by atoms with Crippen LogP contribution in [0.4, 0.5) is 4.79 Å². The minimum absolute atomic E-state index is 0.0684. The van der Waals surface area contributed by atoms with Crippen molar-refractivity contribution in [3.63, 3.8) is 0 Å². The van der Waals surface area contributed by atoms with Crippen molar-refractivity contribution >= 4 is 6.03 Å². The second-order valence-corrected chi connectivity index (χ2v) is 7.40. The van der Waals surface area contributed by atoms with Gasteiger partial charge in [0.1, 0.15) is 12.4 Å². The molecule has 7 nitrogen and oxygen atoms in total. The second-order valence-electron chi connectivity index (χ2n) is 7.40. The normalized spacial score (nSPS) is 23.0. The van der Waals surface area contributed by atoms with Crippen molar-refractivity contribution in [1.29, 1.82) is 0 Å². The first-order chi connectivity index (χ1) is 11.5. The second kappa shape index (κ2) is 7.09. The number of aryl methyl sites for hydroxylation is 1. The topological polar surface area (TPSA) is 72.3 Å². The Kier molecular flexibility index (Phi) is 5.08. The van der Waals surface area contributed by atoms with Gasteiger partial charge in [0, 0.05) is 26.6 Å². The first-order valence-electron chi connectivity index (χ1n) is 9.00. The number of amides is 2. The molecule has 1 fully saturated rings. The summed E-state index contributed by atoms with van der Waals surface area (Å²) in [6.07, 6.45) is 5.13. The Hall–Kier alpha value is -1.63. The van der Waals surface area contributed by atoms with Crippen molar-refractivity contribution in [2.24, 2.45) is 5.41 Å². The van der Waals surface area contributed by atoms with Gasteiger partial charge in [-0.1, -0.05) is 20.3 Å². The standard InChI is InChI=1S/C17H29N5O2/c1-4-17(2)7-9-21(10-8-17)16(23)18-13-5-6-15-19-14(12-24-3)20-22(15)11-13/h13H,4-12H2,1-3H3,(H,18,23). The monoisotopic (exact) mass is 335 g/mol. The van der Waals surface area contributed by atoms with Crippen LogP contribution in [0.25, 0.3) is 0 Å². The molecule has 3 rings (SSSR count). The molecule has 0 spiro atoms. The maximum Gasteiger partial charge on any atom is 0.317 e. The fourth-order valence-electron chi connectivity index (χ4n) is 3.54. The molecule has 0 radical (unpaired) electrons. The van der Waals surface area contributed by atoms with Crippen LogP contribution in [-0.4, -0.2) is 51.9 Å². The number of nitrogens with one attached hydrogen (secondary N) is 1. The molecule has 1 aromatic rings. The number of fused-ring (bicyclic) bond motifs is 1. The average Bonchev–Trinajstić information content (AvgIpc) is 2.97. The van der Waals surface area contributed by atoms with Gasteiger partial charge in [-0.05, 0) is 24.7 Å². The Labute approximate surface area is 143 Å². The zero-order valence-electron chi connectivity index (χ0n) is 15.0. The number of likely N-dealkylation sites (tertiary alicyclic amines) is 1. The summed E-state index contributed by atoms with van der Waals surface area (Å²) in [7, 11) is 1.64. The number of ether oxygens (including phenoxy) is 1. The molecular formula is C17H29N5O2. The summed E-state index contributed by atoms with van der Waals surface area (Å²) in [5.41, 5.74) is 0.398. The lowest BCUT2D eigenvalue weighted by atomic mass is 9.78. The lowest BCUT2D eigenvalue weighted by Gasteiger charge is -2.39. The molecule has 0 aromatic carbocycles. The van der Waals surface area contributed by atoms with Crippen molar-refractivity contribution in [3.05, 3.63) is 11.6 Å². The van der Waals surface area contributed by atoms with E-state index in [0.717, 1.165) is 44.6 Å². The summed E-state index contributed by atoms with van der Waals surface area (Å²) in [5, 5.41) is 7.64. The van der Waals surface area contributed by atoms with Gasteiger partial charge in [0.05, 0.1) is 12.6 Å². The highest BCUT2D eigenvalue weighted by Crippen LogP contribution is 2.33. The zero-order chi connectivity index (χ0) is 17.2. The van der Waals surface area contributed by atoms with Gasteiger partial charge in [-0.3, -0.25) is 0 Å². The molecule has 7 heteroatoms. The maximum atomic E-state index is 12.5. The van der Waals surface area contributed by atoms with Crippen molar-refractivity contribution in [3.8, 4) is 0 Å². The van der Waals surface area contributed by atoms with E-state index in [1.165, 1.54) is 6.42 Å². The number of nitrogens with zero attached hydrogens (tertiary/aromatic N) is 4. The lowest BCUT2D eigenvalue weighted by molar-refractivity contribution is 0.122. The summed E-state index contributed by atoms with van der Waals surface area (Å²) >= 11 is 0. The van der Waals surface area contributed by atoms with E-state index in [2.05, 4.69) is 29.2 Å². The van der Waals surface area contributed by atoms with E-state index in [4.69, 9.17) is 4.74 Å². The minimum atomic E-state index is 0.0684. The average molecular weight is 335 g/mol. The van der Waals surface area contributed by atoms with E-state index in [1.807, 2.05) is 9.58 Å². The molecule has 2 aliphatic rings. The molecule has 24 heavy (non-hydrogen) atoms. The maximum absolute atomic E-state index is 12.5. The number of rotatable bonds is 4. The third-order valence-electron chi connectivity index (χ3n) is 5.61. The van der Waals surface area contributed by atoms with Gasteiger partial charge in [0.15, 0.2) is 5.82 Å². The Bertz CT molecular complexity index is 578. The van der Waals surface area contributed by atoms with Crippen LogP contribution in [0.15, 0.2) is 0 Å². The highest BCUT2D eigenvalue weighted by atomic mass is 16.5. The number of hydrogen-bond acceptors (Lipinski definition) is 4. The molecule has 134 valence electrons. The Morgan fingerprint density at radius 1 is 1.42 bits per heavy atom. The van der Waals surface area contributed by atoms with Crippen LogP contribution in [0.5, 0.6) is 0 Å². The van der Waals surface area contributed by atoms with E-state index in [9.17, 15) is 4.79 Å². The van der Waals surface area contributed by atoms with E-state index in [1.54, 1.807) is 7.11 Å². The minimum Gasteiger partial charge on any atom is -0.377 e. The van der Waals surface area contributed by atoms with Crippen LogP contribution >= 0.6 is 0 Å². The fourth-order valence-corrected chi connectivity index (χ4v) is 3.54. The zero-order valence-corrected chi connectivity index (χ0v) is 15.0. The quantitative estimate of drug-likeness (QED) is 0.913. The van der Waals surface area contributed by atoms with Crippen molar-refractivity contribution in [2.75, 3.05) is 20.2 Å². The van der Waals surface area contributed by atoms with Crippen molar-refractivity contribution in [2.45, 2.75) is 65.1 Å². The Balaban J connectivity index is 1.52. The number of piperidine rings is 1. The molecule has 1 unspecified atom stereocenters. The number of aromatic nitrogens is 3. The van der Waals surface area contributed by atoms with Gasteiger partial charge in [0.25, 0.3) is 0 Å². The molecule has 1 N–H and O–H groups in total. The van der Waals surface area contributed by atoms with Crippen molar-refractivity contribution in [1.82, 2.24) is 25.0 Å². The SMILES string of the molecule is CCC1(C)CCN(C(=O)NC2CCc3nc(COC)nn3C2)CC1. The van der Waals surface area contributed by atoms with Crippen LogP contribution in [0, 0.1) is 5.41 Å². The smallest absolute Gasteiger partial charge is 0.317 e. The van der Waals surface area contributed by atoms with Gasteiger partial charge in [-0.15, -0.1) is 0 Å². The van der Waals surface area contributed by atoms with Crippen LogP contribution < -0.4 is 5.32 Å². The molecule has 0 bridgehead atoms. The molecule has 2 amide bonds. The Morgan fingerprint density at radius 3 is 2.83 bits per heavy atom. The molecule has 2 aliphatic heterocycles. The molecule has 3 heterocycles. The van der Waals surface area contributed by atoms with E-state index in [0.29, 0.717) is 24.4 Å². The van der Waals surface area contributed by atoms with Gasteiger partial charge in [0.2, 0.25) is 0 Å². The summed E-state index contributed by atoms with van der Waals surface area (Å²) in [6, 6.07) is 0.195. The van der Waals surface area contributed by atoms with Crippen LogP contribution in [0.3, 0.4) is 0 Å². The number of carbonyl (C=O) groups excluding carboxylic acids is 1. The molecule has 1 saturated heterocycles. The largest absolute Gasteiger partial charge is 0.377 e. The van der Waals surface area contributed by atoms with Gasteiger partial charge in [-0.25, -0.2) is 14.5 Å². The fraction of sp³-hybridized carbons (Fsp3) is 0.824. The summed E-state index contributed by atoms with van der Waals surface area (Å²) in [4.78, 5) is 19.0. The van der Waals surface area contributed by atoms with Crippen LogP contribution in [0.2, 0.25) is 0 Å². The van der Waals surface area contributed by atoms with Gasteiger partial charge in [-0.2, -0.15) is 5.10 Å². The molecule has 0 aliphatic carbocycles. The van der Waals surface area contributed by atoms with Crippen LogP contribution in [0.1, 0.15) is 51.2 Å². The summed E-state index contributed by atoms with van der Waals surface area (Å²) < 4.78 is 7.00. The van der Waals surface area contributed by atoms with Gasteiger partial charge < -0.3 is 15.0 Å². The number of methoxy groups -OCH3 is 1. The first-order valence-corrected chi connectivity index (χ1v) is 9.00. The van der Waals surface area contributed by atoms with Crippen LogP contribution in [-0.2, 0) is 24.3 Å². The predicted octanol–water partition coefficient (Wildman–Crippen LogP) is 1.96. The number of urea groups is 1. The highest BCUT2D eigenvalue weighted by molar-refractivity contribution is 5.74. The number of hydrogen-bond donors (Lipinski definition) is 1. The number of carbonyl (C=O) groups is 1. The lowest BCUT2D eigenvalue weighted by Crippen LogP contribution is -2.51. The highest BCUT2D eigenvalue weighted by Gasteiger charge is 2.31. The molecule has 1 atom stereocenters. The van der Waals surface area contributed by atoms with E-state index >= 15 is 0 Å². The van der Waals surface area contributed by atoms with Gasteiger partial charge >= 0.3 is 6.03 Å². The predicted molar refractivity (Wildman–Crippen MR) is 90.6 cm³/mol. The summed E-state index contributed by atoms with van der Waals surface area (Å²) in [6.45, 7) is 7.41. The third-order valence-corrected chi connectivity index (χ3v) is 5.61. The Morgan fingerprint density at radius 2 is 2.17 bits per heavy atom. The third kappa shape index (κ3) is 3.71. The molecule has 1 aromatic heterocycles.